The zero-order valence-electron chi connectivity index (χ0n) is 7.49. The Balaban J connectivity index is 2.81. The molecule has 13 heavy (non-hydrogen) atoms. The fraction of sp³-hybridized carbons (Fsp3) is 0.200. The molecule has 0 saturated heterocycles. The summed E-state index contributed by atoms with van der Waals surface area (Å²) >= 11 is 4.28. The first-order valence-corrected chi connectivity index (χ1v) is 4.80. The van der Waals surface area contributed by atoms with Crippen molar-refractivity contribution in [3.63, 3.8) is 0 Å². The van der Waals surface area contributed by atoms with E-state index in [4.69, 9.17) is 5.73 Å². The van der Waals surface area contributed by atoms with Crippen molar-refractivity contribution >= 4 is 29.2 Å². The van der Waals surface area contributed by atoms with Crippen molar-refractivity contribution in [1.82, 2.24) is 4.57 Å². The maximum absolute atomic E-state index is 5.72. The predicted octanol–water partition coefficient (Wildman–Crippen LogP) is 2.19. The van der Waals surface area contributed by atoms with Gasteiger partial charge in [-0.25, -0.2) is 0 Å². The zero-order chi connectivity index (χ0) is 9.42. The molecule has 0 aliphatic carbocycles. The number of hydrogen-bond acceptors (Lipinski definition) is 2. The number of anilines is 1. The molecule has 2 aromatic rings. The lowest BCUT2D eigenvalue weighted by Crippen LogP contribution is -1.85. The monoisotopic (exact) mass is 192 g/mol. The van der Waals surface area contributed by atoms with Gasteiger partial charge in [0.05, 0.1) is 0 Å². The number of hydrogen-bond donors (Lipinski definition) is 2. The Labute approximate surface area is 82.8 Å². The van der Waals surface area contributed by atoms with Gasteiger partial charge in [0.15, 0.2) is 0 Å². The fourth-order valence-corrected chi connectivity index (χ4v) is 1.87. The number of nitrogens with two attached hydrogens (primary N) is 1. The van der Waals surface area contributed by atoms with Crippen LogP contribution in [0.15, 0.2) is 24.4 Å². The lowest BCUT2D eigenvalue weighted by Gasteiger charge is -1.97. The van der Waals surface area contributed by atoms with Gasteiger partial charge < -0.3 is 10.3 Å². The molecule has 0 spiro atoms. The SMILES string of the molecule is Cn1cc(CS)c2cc(N)ccc21. The number of rotatable bonds is 1. The van der Waals surface area contributed by atoms with Crippen LogP contribution in [0.25, 0.3) is 10.9 Å². The minimum atomic E-state index is 0.751. The van der Waals surface area contributed by atoms with Gasteiger partial charge in [-0.05, 0) is 23.8 Å². The van der Waals surface area contributed by atoms with Crippen LogP contribution in [-0.4, -0.2) is 4.57 Å². The molecule has 0 unspecified atom stereocenters. The van der Waals surface area contributed by atoms with Crippen molar-refractivity contribution in [1.29, 1.82) is 0 Å². The normalized spacial score (nSPS) is 10.9. The molecule has 0 atom stereocenters. The summed E-state index contributed by atoms with van der Waals surface area (Å²) in [5.41, 5.74) is 8.97. The van der Waals surface area contributed by atoms with Crippen LogP contribution in [-0.2, 0) is 12.8 Å². The maximum atomic E-state index is 5.72. The first kappa shape index (κ1) is 8.51. The molecular formula is C10H12N2S. The van der Waals surface area contributed by atoms with Gasteiger partial charge >= 0.3 is 0 Å². The second-order valence-electron chi connectivity index (χ2n) is 3.20. The van der Waals surface area contributed by atoms with Crippen LogP contribution in [0.5, 0.6) is 0 Å². The fourth-order valence-electron chi connectivity index (χ4n) is 1.62. The van der Waals surface area contributed by atoms with E-state index in [1.165, 1.54) is 16.5 Å². The molecular weight excluding hydrogens is 180 g/mol. The van der Waals surface area contributed by atoms with Gasteiger partial charge in [0.25, 0.3) is 0 Å². The first-order valence-electron chi connectivity index (χ1n) is 4.16. The lowest BCUT2D eigenvalue weighted by atomic mass is 10.2. The van der Waals surface area contributed by atoms with Crippen LogP contribution in [0, 0.1) is 0 Å². The Bertz CT molecular complexity index is 445. The van der Waals surface area contributed by atoms with E-state index in [0.29, 0.717) is 0 Å². The number of fused-ring (bicyclic) bond motifs is 1. The van der Waals surface area contributed by atoms with E-state index in [2.05, 4.69) is 23.4 Å². The molecule has 2 nitrogen and oxygen atoms in total. The van der Waals surface area contributed by atoms with Crippen LogP contribution < -0.4 is 5.73 Å². The molecule has 0 saturated carbocycles. The Morgan fingerprint density at radius 1 is 1.46 bits per heavy atom. The molecule has 68 valence electrons. The molecule has 2 N–H and O–H groups in total. The minimum absolute atomic E-state index is 0.751. The molecule has 1 aromatic heterocycles. The second kappa shape index (κ2) is 3.00. The summed E-state index contributed by atoms with van der Waals surface area (Å²) in [5.74, 6) is 0.751. The van der Waals surface area contributed by atoms with Gasteiger partial charge in [0.1, 0.15) is 0 Å². The third-order valence-corrected chi connectivity index (χ3v) is 2.61. The van der Waals surface area contributed by atoms with Crippen LogP contribution in [0.3, 0.4) is 0 Å². The summed E-state index contributed by atoms with van der Waals surface area (Å²) in [4.78, 5) is 0. The smallest absolute Gasteiger partial charge is 0.0482 e. The number of nitrogen functional groups attached to an aromatic ring is 1. The van der Waals surface area contributed by atoms with E-state index in [0.717, 1.165) is 11.4 Å². The third-order valence-electron chi connectivity index (χ3n) is 2.27. The van der Waals surface area contributed by atoms with Crippen molar-refractivity contribution in [3.8, 4) is 0 Å². The first-order chi connectivity index (χ1) is 6.22. The van der Waals surface area contributed by atoms with E-state index in [9.17, 15) is 0 Å². The van der Waals surface area contributed by atoms with Gasteiger partial charge in [-0.2, -0.15) is 12.6 Å². The summed E-state index contributed by atoms with van der Waals surface area (Å²) in [7, 11) is 2.03. The van der Waals surface area contributed by atoms with E-state index in [-0.39, 0.29) is 0 Å². The lowest BCUT2D eigenvalue weighted by molar-refractivity contribution is 0.963. The van der Waals surface area contributed by atoms with Crippen molar-refractivity contribution in [2.75, 3.05) is 5.73 Å². The van der Waals surface area contributed by atoms with Crippen LogP contribution in [0.1, 0.15) is 5.56 Å². The molecule has 0 aliphatic heterocycles. The molecule has 1 aromatic carbocycles. The number of thiol groups is 1. The number of aryl methyl sites for hydroxylation is 1. The zero-order valence-corrected chi connectivity index (χ0v) is 8.38. The number of benzene rings is 1. The van der Waals surface area contributed by atoms with E-state index >= 15 is 0 Å². The molecule has 2 rings (SSSR count). The molecule has 0 amide bonds. The highest BCUT2D eigenvalue weighted by molar-refractivity contribution is 7.79. The quantitative estimate of drug-likeness (QED) is 0.526. The van der Waals surface area contributed by atoms with Gasteiger partial charge in [-0.3, -0.25) is 0 Å². The number of aromatic nitrogens is 1. The highest BCUT2D eigenvalue weighted by Crippen LogP contribution is 2.23. The highest BCUT2D eigenvalue weighted by atomic mass is 32.1. The van der Waals surface area contributed by atoms with E-state index < -0.39 is 0 Å². The van der Waals surface area contributed by atoms with Crippen molar-refractivity contribution in [3.05, 3.63) is 30.0 Å². The van der Waals surface area contributed by atoms with Gasteiger partial charge in [0, 0.05) is 35.6 Å². The van der Waals surface area contributed by atoms with Crippen molar-refractivity contribution < 1.29 is 0 Å². The second-order valence-corrected chi connectivity index (χ2v) is 3.52. The summed E-state index contributed by atoms with van der Waals surface area (Å²) < 4.78 is 2.10. The summed E-state index contributed by atoms with van der Waals surface area (Å²) in [6.45, 7) is 0. The van der Waals surface area contributed by atoms with Crippen LogP contribution in [0.2, 0.25) is 0 Å². The Kier molecular flexibility index (Phi) is 1.96. The third kappa shape index (κ3) is 1.29. The van der Waals surface area contributed by atoms with E-state index in [1.54, 1.807) is 0 Å². The largest absolute Gasteiger partial charge is 0.399 e. The van der Waals surface area contributed by atoms with Crippen molar-refractivity contribution in [2.24, 2.45) is 7.05 Å². The molecule has 0 fully saturated rings. The topological polar surface area (TPSA) is 30.9 Å². The van der Waals surface area contributed by atoms with Gasteiger partial charge in [0.2, 0.25) is 0 Å². The van der Waals surface area contributed by atoms with Crippen LogP contribution in [0.4, 0.5) is 5.69 Å². The Morgan fingerprint density at radius 3 is 2.92 bits per heavy atom. The highest BCUT2D eigenvalue weighted by Gasteiger charge is 2.04. The molecule has 1 heterocycles. The molecule has 0 bridgehead atoms. The average Bonchev–Trinajstić information content (AvgIpc) is 2.42. The Hall–Kier alpha value is -1.09. The average molecular weight is 192 g/mol. The maximum Gasteiger partial charge on any atom is 0.0482 e. The number of nitrogens with zero attached hydrogens (tertiary/aromatic N) is 1. The van der Waals surface area contributed by atoms with Gasteiger partial charge in [-0.15, -0.1) is 0 Å². The Morgan fingerprint density at radius 2 is 2.23 bits per heavy atom. The minimum Gasteiger partial charge on any atom is -0.399 e. The van der Waals surface area contributed by atoms with Gasteiger partial charge in [-0.1, -0.05) is 0 Å². The molecule has 0 aliphatic rings. The van der Waals surface area contributed by atoms with E-state index in [1.807, 2.05) is 25.2 Å². The molecule has 3 heteroatoms. The summed E-state index contributed by atoms with van der Waals surface area (Å²) in [5, 5.41) is 1.21. The summed E-state index contributed by atoms with van der Waals surface area (Å²) in [6.07, 6.45) is 2.09. The summed E-state index contributed by atoms with van der Waals surface area (Å²) in [6, 6.07) is 5.96. The van der Waals surface area contributed by atoms with Crippen molar-refractivity contribution in [2.45, 2.75) is 5.75 Å². The predicted molar refractivity (Wildman–Crippen MR) is 60.0 cm³/mol. The molecule has 0 radical (unpaired) electrons. The standard InChI is InChI=1S/C10H12N2S/c1-12-5-7(6-13)9-4-8(11)2-3-10(9)12/h2-5,13H,6,11H2,1H3. The van der Waals surface area contributed by atoms with Crippen LogP contribution >= 0.6 is 12.6 Å².